The quantitative estimate of drug-likeness (QED) is 0.687. The lowest BCUT2D eigenvalue weighted by molar-refractivity contribution is -0.145. The molecule has 1 aliphatic rings. The molecule has 0 unspecified atom stereocenters. The fourth-order valence-electron chi connectivity index (χ4n) is 2.09. The number of ketones is 1. The fraction of sp³-hybridized carbons (Fsp3) is 0.154. The van der Waals surface area contributed by atoms with Gasteiger partial charge in [0.1, 0.15) is 11.4 Å². The maximum Gasteiger partial charge on any atom is 0.451 e. The van der Waals surface area contributed by atoms with E-state index in [0.29, 0.717) is 16.9 Å². The Morgan fingerprint density at radius 1 is 1.15 bits per heavy atom. The van der Waals surface area contributed by atoms with Gasteiger partial charge < -0.3 is 4.74 Å². The second-order valence-electron chi connectivity index (χ2n) is 4.19. The summed E-state index contributed by atoms with van der Waals surface area (Å²) < 4.78 is 42.7. The van der Waals surface area contributed by atoms with E-state index in [0.717, 1.165) is 6.20 Å². The molecule has 102 valence electrons. The Balaban J connectivity index is 2.18. The van der Waals surface area contributed by atoms with E-state index >= 15 is 0 Å². The van der Waals surface area contributed by atoms with Crippen LogP contribution in [0, 0.1) is 0 Å². The number of aromatic nitrogens is 2. The van der Waals surface area contributed by atoms with Gasteiger partial charge in [0.25, 0.3) is 0 Å². The van der Waals surface area contributed by atoms with Crippen LogP contribution in [-0.4, -0.2) is 22.9 Å². The Morgan fingerprint density at radius 3 is 2.55 bits per heavy atom. The third-order valence-corrected chi connectivity index (χ3v) is 3.02. The molecule has 2 aromatic rings. The van der Waals surface area contributed by atoms with E-state index in [2.05, 4.69) is 9.97 Å². The van der Waals surface area contributed by atoms with Crippen LogP contribution < -0.4 is 4.74 Å². The Bertz CT molecular complexity index is 726. The molecule has 0 saturated carbocycles. The molecule has 0 radical (unpaired) electrons. The van der Waals surface area contributed by atoms with Gasteiger partial charge in [-0.25, -0.2) is 9.97 Å². The molecule has 1 aliphatic carbocycles. The molecule has 0 fully saturated rings. The number of hydrogen-bond donors (Lipinski definition) is 0. The van der Waals surface area contributed by atoms with Crippen molar-refractivity contribution in [1.82, 2.24) is 9.97 Å². The molecule has 0 amide bonds. The number of ether oxygens (including phenoxy) is 1. The van der Waals surface area contributed by atoms with Crippen LogP contribution >= 0.6 is 0 Å². The first kappa shape index (κ1) is 12.6. The van der Waals surface area contributed by atoms with Crippen molar-refractivity contribution in [2.45, 2.75) is 6.18 Å². The molecule has 1 aromatic heterocycles. The first-order valence-corrected chi connectivity index (χ1v) is 5.59. The zero-order valence-electron chi connectivity index (χ0n) is 10.2. The number of fused-ring (bicyclic) bond motifs is 3. The van der Waals surface area contributed by atoms with Crippen molar-refractivity contribution in [2.75, 3.05) is 7.11 Å². The van der Waals surface area contributed by atoms with Crippen molar-refractivity contribution in [2.24, 2.45) is 0 Å². The number of carbonyl (C=O) groups is 1. The van der Waals surface area contributed by atoms with Gasteiger partial charge in [0.05, 0.1) is 7.11 Å². The van der Waals surface area contributed by atoms with Gasteiger partial charge in [0, 0.05) is 17.3 Å². The van der Waals surface area contributed by atoms with Gasteiger partial charge in [-0.3, -0.25) is 4.79 Å². The minimum absolute atomic E-state index is 0.226. The van der Waals surface area contributed by atoms with E-state index in [1.807, 2.05) is 0 Å². The Kier molecular flexibility index (Phi) is 2.53. The Hall–Kier alpha value is -2.44. The van der Waals surface area contributed by atoms with Crippen molar-refractivity contribution in [3.8, 4) is 16.9 Å². The number of alkyl halides is 3. The Morgan fingerprint density at radius 2 is 1.90 bits per heavy atom. The summed E-state index contributed by atoms with van der Waals surface area (Å²) in [6.07, 6.45) is -3.65. The van der Waals surface area contributed by atoms with E-state index < -0.39 is 17.8 Å². The van der Waals surface area contributed by atoms with E-state index in [9.17, 15) is 18.0 Å². The summed E-state index contributed by atoms with van der Waals surface area (Å²) in [6, 6.07) is 4.71. The molecule has 0 N–H and O–H groups in total. The van der Waals surface area contributed by atoms with Gasteiger partial charge in [-0.15, -0.1) is 0 Å². The summed E-state index contributed by atoms with van der Waals surface area (Å²) in [5, 5.41) is 0. The molecular weight excluding hydrogens is 273 g/mol. The number of nitrogens with zero attached hydrogens (tertiary/aromatic N) is 2. The monoisotopic (exact) mass is 280 g/mol. The number of methoxy groups -OCH3 is 1. The fourth-order valence-corrected chi connectivity index (χ4v) is 2.09. The van der Waals surface area contributed by atoms with Gasteiger partial charge in [0.15, 0.2) is 0 Å². The molecular formula is C13H7F3N2O2. The lowest BCUT2D eigenvalue weighted by Gasteiger charge is -2.05. The largest absolute Gasteiger partial charge is 0.497 e. The number of benzene rings is 1. The minimum Gasteiger partial charge on any atom is -0.497 e. The second kappa shape index (κ2) is 4.03. The minimum atomic E-state index is -4.68. The highest BCUT2D eigenvalue weighted by molar-refractivity contribution is 6.20. The molecule has 3 rings (SSSR count). The van der Waals surface area contributed by atoms with Crippen LogP contribution in [0.5, 0.6) is 5.75 Å². The number of hydrogen-bond acceptors (Lipinski definition) is 4. The third-order valence-electron chi connectivity index (χ3n) is 3.02. The lowest BCUT2D eigenvalue weighted by atomic mass is 10.1. The molecule has 20 heavy (non-hydrogen) atoms. The first-order valence-electron chi connectivity index (χ1n) is 5.59. The smallest absolute Gasteiger partial charge is 0.451 e. The van der Waals surface area contributed by atoms with Crippen LogP contribution in [0.2, 0.25) is 0 Å². The van der Waals surface area contributed by atoms with Crippen LogP contribution in [0.1, 0.15) is 21.9 Å². The van der Waals surface area contributed by atoms with Crippen molar-refractivity contribution in [3.05, 3.63) is 41.5 Å². The Labute approximate surface area is 111 Å². The number of carbonyl (C=O) groups excluding carboxylic acids is 1. The van der Waals surface area contributed by atoms with Gasteiger partial charge in [0.2, 0.25) is 11.6 Å². The number of halogens is 3. The van der Waals surface area contributed by atoms with Crippen molar-refractivity contribution < 1.29 is 22.7 Å². The maximum absolute atomic E-state index is 12.6. The first-order chi connectivity index (χ1) is 9.41. The summed E-state index contributed by atoms with van der Waals surface area (Å²) in [6.45, 7) is 0. The van der Waals surface area contributed by atoms with Crippen LogP contribution in [0.4, 0.5) is 13.2 Å². The summed E-state index contributed by atoms with van der Waals surface area (Å²) in [5.41, 5.74) is 0.865. The summed E-state index contributed by atoms with van der Waals surface area (Å²) >= 11 is 0. The standard InChI is InChI=1S/C13H7F3N2O2/c1-20-6-2-3-7-8(4-6)11(19)10-9(7)5-17-12(18-10)13(14,15)16/h2-5H,1H3. The second-order valence-corrected chi connectivity index (χ2v) is 4.19. The zero-order valence-corrected chi connectivity index (χ0v) is 10.2. The molecule has 0 spiro atoms. The molecule has 1 heterocycles. The van der Waals surface area contributed by atoms with Crippen LogP contribution in [-0.2, 0) is 6.18 Å². The zero-order chi connectivity index (χ0) is 14.5. The predicted molar refractivity (Wildman–Crippen MR) is 62.5 cm³/mol. The summed E-state index contributed by atoms with van der Waals surface area (Å²) in [5.74, 6) is -1.42. The van der Waals surface area contributed by atoms with Crippen LogP contribution in [0.25, 0.3) is 11.1 Å². The predicted octanol–water partition coefficient (Wildman–Crippen LogP) is 2.72. The van der Waals surface area contributed by atoms with Gasteiger partial charge in [-0.05, 0) is 23.8 Å². The molecule has 1 aromatic carbocycles. The van der Waals surface area contributed by atoms with E-state index in [1.165, 1.54) is 13.2 Å². The third kappa shape index (κ3) is 1.74. The molecule has 7 heteroatoms. The van der Waals surface area contributed by atoms with E-state index in [1.54, 1.807) is 12.1 Å². The van der Waals surface area contributed by atoms with Crippen LogP contribution in [0.15, 0.2) is 24.4 Å². The molecule has 0 saturated heterocycles. The SMILES string of the molecule is COc1ccc2c(c1)C(=O)c1nc(C(F)(F)F)ncc1-2. The molecule has 0 bridgehead atoms. The number of rotatable bonds is 1. The average Bonchev–Trinajstić information content (AvgIpc) is 2.70. The van der Waals surface area contributed by atoms with E-state index in [4.69, 9.17) is 4.74 Å². The topological polar surface area (TPSA) is 52.1 Å². The normalized spacial score (nSPS) is 13.1. The van der Waals surface area contributed by atoms with Crippen molar-refractivity contribution in [3.63, 3.8) is 0 Å². The van der Waals surface area contributed by atoms with Crippen LogP contribution in [0.3, 0.4) is 0 Å². The van der Waals surface area contributed by atoms with Crippen molar-refractivity contribution >= 4 is 5.78 Å². The maximum atomic E-state index is 12.6. The average molecular weight is 280 g/mol. The highest BCUT2D eigenvalue weighted by Crippen LogP contribution is 2.38. The molecule has 0 atom stereocenters. The summed E-state index contributed by atoms with van der Waals surface area (Å²) in [7, 11) is 1.44. The molecule has 0 aliphatic heterocycles. The summed E-state index contributed by atoms with van der Waals surface area (Å²) in [4.78, 5) is 18.7. The highest BCUT2D eigenvalue weighted by Gasteiger charge is 2.38. The van der Waals surface area contributed by atoms with E-state index in [-0.39, 0.29) is 11.3 Å². The highest BCUT2D eigenvalue weighted by atomic mass is 19.4. The van der Waals surface area contributed by atoms with Gasteiger partial charge in [-0.1, -0.05) is 0 Å². The molecule has 4 nitrogen and oxygen atoms in total. The lowest BCUT2D eigenvalue weighted by Crippen LogP contribution is -2.13. The van der Waals surface area contributed by atoms with Gasteiger partial charge >= 0.3 is 6.18 Å². The van der Waals surface area contributed by atoms with Crippen molar-refractivity contribution in [1.29, 1.82) is 0 Å². The van der Waals surface area contributed by atoms with Gasteiger partial charge in [-0.2, -0.15) is 13.2 Å².